The number of halogens is 1. The van der Waals surface area contributed by atoms with Crippen molar-refractivity contribution in [1.29, 1.82) is 5.26 Å². The Morgan fingerprint density at radius 1 is 1.10 bits per heavy atom. The number of benzene rings is 2. The quantitative estimate of drug-likeness (QED) is 0.895. The van der Waals surface area contributed by atoms with Gasteiger partial charge in [0.1, 0.15) is 5.82 Å². The molecular weight excluding hydrogens is 251 g/mol. The molecule has 2 aromatic carbocycles. The second kappa shape index (κ2) is 6.83. The maximum atomic E-state index is 13.7. The SMILES string of the molecule is C[C@@H](NCC(C#N)c1ccccc1)c1ccccc1F. The van der Waals surface area contributed by atoms with Gasteiger partial charge in [-0.2, -0.15) is 5.26 Å². The highest BCUT2D eigenvalue weighted by molar-refractivity contribution is 5.26. The Kier molecular flexibility index (Phi) is 4.86. The van der Waals surface area contributed by atoms with Crippen molar-refractivity contribution in [3.05, 3.63) is 71.5 Å². The Morgan fingerprint density at radius 3 is 2.40 bits per heavy atom. The number of hydrogen-bond acceptors (Lipinski definition) is 2. The minimum absolute atomic E-state index is 0.129. The van der Waals surface area contributed by atoms with Crippen LogP contribution in [0.5, 0.6) is 0 Å². The van der Waals surface area contributed by atoms with Gasteiger partial charge in [-0.15, -0.1) is 0 Å². The molecule has 102 valence electrons. The molecule has 0 radical (unpaired) electrons. The standard InChI is InChI=1S/C17H17FN2/c1-13(16-9-5-6-10-17(16)18)20-12-15(11-19)14-7-3-2-4-8-14/h2-10,13,15,20H,12H2,1H3/t13-,15?/m1/s1. The number of nitrogens with one attached hydrogen (secondary N) is 1. The first-order valence-electron chi connectivity index (χ1n) is 6.64. The monoisotopic (exact) mass is 268 g/mol. The smallest absolute Gasteiger partial charge is 0.127 e. The molecule has 0 fully saturated rings. The fraction of sp³-hybridized carbons (Fsp3) is 0.235. The zero-order valence-corrected chi connectivity index (χ0v) is 11.4. The van der Waals surface area contributed by atoms with Crippen LogP contribution < -0.4 is 5.32 Å². The summed E-state index contributed by atoms with van der Waals surface area (Å²) in [6, 6.07) is 18.5. The number of nitriles is 1. The Bertz CT molecular complexity index is 589. The van der Waals surface area contributed by atoms with Crippen molar-refractivity contribution in [2.45, 2.75) is 18.9 Å². The molecule has 0 amide bonds. The average Bonchev–Trinajstić information content (AvgIpc) is 2.49. The van der Waals surface area contributed by atoms with Crippen LogP contribution in [0.2, 0.25) is 0 Å². The van der Waals surface area contributed by atoms with Crippen LogP contribution in [-0.4, -0.2) is 6.54 Å². The number of hydrogen-bond donors (Lipinski definition) is 1. The van der Waals surface area contributed by atoms with Gasteiger partial charge in [-0.05, 0) is 18.6 Å². The lowest BCUT2D eigenvalue weighted by Crippen LogP contribution is -2.24. The van der Waals surface area contributed by atoms with Crippen LogP contribution >= 0.6 is 0 Å². The minimum atomic E-state index is -0.231. The van der Waals surface area contributed by atoms with Gasteiger partial charge in [-0.1, -0.05) is 48.5 Å². The van der Waals surface area contributed by atoms with Crippen LogP contribution in [-0.2, 0) is 0 Å². The zero-order valence-electron chi connectivity index (χ0n) is 11.4. The van der Waals surface area contributed by atoms with Crippen molar-refractivity contribution in [3.8, 4) is 6.07 Å². The maximum absolute atomic E-state index is 13.7. The first kappa shape index (κ1) is 14.2. The van der Waals surface area contributed by atoms with E-state index in [0.29, 0.717) is 12.1 Å². The lowest BCUT2D eigenvalue weighted by atomic mass is 10.00. The van der Waals surface area contributed by atoms with Crippen LogP contribution in [0.1, 0.15) is 30.0 Å². The van der Waals surface area contributed by atoms with Crippen molar-refractivity contribution >= 4 is 0 Å². The van der Waals surface area contributed by atoms with Gasteiger partial charge in [0.2, 0.25) is 0 Å². The lowest BCUT2D eigenvalue weighted by Gasteiger charge is -2.17. The molecule has 0 aliphatic heterocycles. The Labute approximate surface area is 118 Å². The maximum Gasteiger partial charge on any atom is 0.127 e. The van der Waals surface area contributed by atoms with Crippen molar-refractivity contribution < 1.29 is 4.39 Å². The third-order valence-corrected chi connectivity index (χ3v) is 3.36. The number of nitrogens with zero attached hydrogens (tertiary/aromatic N) is 1. The van der Waals surface area contributed by atoms with Gasteiger partial charge in [0, 0.05) is 18.2 Å². The second-order valence-corrected chi connectivity index (χ2v) is 4.74. The molecule has 0 saturated carbocycles. The highest BCUT2D eigenvalue weighted by atomic mass is 19.1. The van der Waals surface area contributed by atoms with Crippen molar-refractivity contribution in [1.82, 2.24) is 5.32 Å². The molecule has 0 aromatic heterocycles. The Balaban J connectivity index is 2.01. The summed E-state index contributed by atoms with van der Waals surface area (Å²) in [6.07, 6.45) is 0. The van der Waals surface area contributed by atoms with E-state index < -0.39 is 0 Å². The van der Waals surface area contributed by atoms with Gasteiger partial charge < -0.3 is 5.32 Å². The van der Waals surface area contributed by atoms with E-state index in [1.54, 1.807) is 12.1 Å². The molecule has 3 heteroatoms. The van der Waals surface area contributed by atoms with E-state index in [2.05, 4.69) is 11.4 Å². The Morgan fingerprint density at radius 2 is 1.75 bits per heavy atom. The molecule has 2 rings (SSSR count). The van der Waals surface area contributed by atoms with Gasteiger partial charge in [0.25, 0.3) is 0 Å². The zero-order chi connectivity index (χ0) is 14.4. The molecule has 1 unspecified atom stereocenters. The van der Waals surface area contributed by atoms with Crippen LogP contribution in [0, 0.1) is 17.1 Å². The molecule has 2 nitrogen and oxygen atoms in total. The lowest BCUT2D eigenvalue weighted by molar-refractivity contribution is 0.521. The molecule has 0 bridgehead atoms. The number of rotatable bonds is 5. The predicted octanol–water partition coefficient (Wildman–Crippen LogP) is 3.78. The second-order valence-electron chi connectivity index (χ2n) is 4.74. The topological polar surface area (TPSA) is 35.8 Å². The first-order valence-corrected chi connectivity index (χ1v) is 6.64. The average molecular weight is 268 g/mol. The summed E-state index contributed by atoms with van der Waals surface area (Å²) in [7, 11) is 0. The molecule has 0 aliphatic rings. The van der Waals surface area contributed by atoms with E-state index in [0.717, 1.165) is 5.56 Å². The van der Waals surface area contributed by atoms with Gasteiger partial charge >= 0.3 is 0 Å². The van der Waals surface area contributed by atoms with E-state index >= 15 is 0 Å². The fourth-order valence-electron chi connectivity index (χ4n) is 2.15. The first-order chi connectivity index (χ1) is 9.72. The third kappa shape index (κ3) is 3.43. The molecule has 0 saturated heterocycles. The normalized spacial score (nSPS) is 13.4. The summed E-state index contributed by atoms with van der Waals surface area (Å²) in [5.41, 5.74) is 1.60. The highest BCUT2D eigenvalue weighted by Gasteiger charge is 2.14. The van der Waals surface area contributed by atoms with E-state index in [1.165, 1.54) is 6.07 Å². The van der Waals surface area contributed by atoms with Crippen molar-refractivity contribution in [2.75, 3.05) is 6.54 Å². The highest BCUT2D eigenvalue weighted by Crippen LogP contribution is 2.18. The van der Waals surface area contributed by atoms with Gasteiger partial charge in [0.15, 0.2) is 0 Å². The Hall–Kier alpha value is -2.18. The largest absolute Gasteiger partial charge is 0.308 e. The summed E-state index contributed by atoms with van der Waals surface area (Å²) >= 11 is 0. The minimum Gasteiger partial charge on any atom is -0.308 e. The van der Waals surface area contributed by atoms with Crippen LogP contribution in [0.15, 0.2) is 54.6 Å². The molecule has 2 atom stereocenters. The van der Waals surface area contributed by atoms with E-state index in [-0.39, 0.29) is 17.8 Å². The molecule has 2 aromatic rings. The summed E-state index contributed by atoms with van der Waals surface area (Å²) in [5, 5.41) is 12.5. The van der Waals surface area contributed by atoms with E-state index in [4.69, 9.17) is 0 Å². The van der Waals surface area contributed by atoms with Crippen LogP contribution in [0.3, 0.4) is 0 Å². The van der Waals surface area contributed by atoms with E-state index in [1.807, 2.05) is 43.3 Å². The third-order valence-electron chi connectivity index (χ3n) is 3.36. The van der Waals surface area contributed by atoms with Crippen LogP contribution in [0.25, 0.3) is 0 Å². The molecule has 0 aliphatic carbocycles. The predicted molar refractivity (Wildman–Crippen MR) is 77.6 cm³/mol. The van der Waals surface area contributed by atoms with Gasteiger partial charge in [-0.3, -0.25) is 0 Å². The molecule has 1 N–H and O–H groups in total. The summed E-state index contributed by atoms with van der Waals surface area (Å²) in [5.74, 6) is -0.453. The van der Waals surface area contributed by atoms with Crippen molar-refractivity contribution in [2.24, 2.45) is 0 Å². The summed E-state index contributed by atoms with van der Waals surface area (Å²) < 4.78 is 13.7. The molecule has 0 heterocycles. The fourth-order valence-corrected chi connectivity index (χ4v) is 2.15. The van der Waals surface area contributed by atoms with Gasteiger partial charge in [0.05, 0.1) is 12.0 Å². The van der Waals surface area contributed by atoms with E-state index in [9.17, 15) is 9.65 Å². The molecule has 0 spiro atoms. The van der Waals surface area contributed by atoms with Gasteiger partial charge in [-0.25, -0.2) is 4.39 Å². The summed E-state index contributed by atoms with van der Waals surface area (Å²) in [6.45, 7) is 2.40. The van der Waals surface area contributed by atoms with Crippen molar-refractivity contribution in [3.63, 3.8) is 0 Å². The molecule has 20 heavy (non-hydrogen) atoms. The summed E-state index contributed by atoms with van der Waals surface area (Å²) in [4.78, 5) is 0. The molecular formula is C17H17FN2. The van der Waals surface area contributed by atoms with Crippen LogP contribution in [0.4, 0.5) is 4.39 Å².